The lowest BCUT2D eigenvalue weighted by atomic mass is 10.3. The molecule has 1 aromatic heterocycles. The van der Waals surface area contributed by atoms with Crippen LogP contribution in [-0.2, 0) is 9.53 Å². The number of pyridine rings is 1. The number of aromatic nitrogens is 1. The molecule has 16 heavy (non-hydrogen) atoms. The van der Waals surface area contributed by atoms with E-state index in [2.05, 4.69) is 20.4 Å². The Morgan fingerprint density at radius 3 is 2.69 bits per heavy atom. The Bertz CT molecular complexity index is 342. The summed E-state index contributed by atoms with van der Waals surface area (Å²) < 4.78 is 4.54. The van der Waals surface area contributed by atoms with Gasteiger partial charge in [-0.1, -0.05) is 0 Å². The van der Waals surface area contributed by atoms with E-state index in [0.717, 1.165) is 17.9 Å². The zero-order chi connectivity index (χ0) is 11.8. The van der Waals surface area contributed by atoms with Crippen LogP contribution in [0.1, 0.15) is 13.3 Å². The van der Waals surface area contributed by atoms with Crippen molar-refractivity contribution in [3.63, 3.8) is 0 Å². The molecule has 0 aliphatic heterocycles. The van der Waals surface area contributed by atoms with Crippen LogP contribution in [0, 0.1) is 0 Å². The minimum atomic E-state index is -0.219. The van der Waals surface area contributed by atoms with E-state index in [4.69, 9.17) is 0 Å². The number of ether oxygens (including phenoxy) is 1. The summed E-state index contributed by atoms with van der Waals surface area (Å²) in [5.41, 5.74) is 1.85. The van der Waals surface area contributed by atoms with E-state index in [1.54, 1.807) is 12.4 Å². The van der Waals surface area contributed by atoms with E-state index in [1.165, 1.54) is 7.11 Å². The fourth-order valence-corrected chi connectivity index (χ4v) is 1.25. The Hall–Kier alpha value is -1.78. The van der Waals surface area contributed by atoms with Crippen molar-refractivity contribution in [2.45, 2.75) is 13.3 Å². The average molecular weight is 223 g/mol. The second-order valence-corrected chi connectivity index (χ2v) is 3.25. The van der Waals surface area contributed by atoms with E-state index in [1.807, 2.05) is 13.0 Å². The number of methoxy groups -OCH3 is 1. The monoisotopic (exact) mass is 223 g/mol. The van der Waals surface area contributed by atoms with E-state index in [9.17, 15) is 4.79 Å². The molecule has 0 radical (unpaired) electrons. The zero-order valence-electron chi connectivity index (χ0n) is 9.62. The number of esters is 1. The highest BCUT2D eigenvalue weighted by Crippen LogP contribution is 2.12. The Morgan fingerprint density at radius 2 is 2.06 bits per heavy atom. The predicted molar refractivity (Wildman–Crippen MR) is 63.5 cm³/mol. The number of carbonyl (C=O) groups is 1. The van der Waals surface area contributed by atoms with Gasteiger partial charge in [0.05, 0.1) is 37.3 Å². The SMILES string of the molecule is CCNc1cncc(NCCC(=O)OC)c1. The van der Waals surface area contributed by atoms with Crippen molar-refractivity contribution in [3.05, 3.63) is 18.5 Å². The van der Waals surface area contributed by atoms with Crippen LogP contribution < -0.4 is 10.6 Å². The van der Waals surface area contributed by atoms with Crippen LogP contribution in [0.15, 0.2) is 18.5 Å². The summed E-state index contributed by atoms with van der Waals surface area (Å²) in [5, 5.41) is 6.27. The van der Waals surface area contributed by atoms with Gasteiger partial charge in [-0.25, -0.2) is 0 Å². The first kappa shape index (κ1) is 12.3. The highest BCUT2D eigenvalue weighted by Gasteiger charge is 2.00. The molecule has 5 heteroatoms. The lowest BCUT2D eigenvalue weighted by Crippen LogP contribution is -2.10. The highest BCUT2D eigenvalue weighted by molar-refractivity contribution is 5.70. The van der Waals surface area contributed by atoms with Gasteiger partial charge in [0.1, 0.15) is 0 Å². The first-order chi connectivity index (χ1) is 7.76. The maximum atomic E-state index is 10.9. The second-order valence-electron chi connectivity index (χ2n) is 3.25. The van der Waals surface area contributed by atoms with E-state index >= 15 is 0 Å². The molecule has 0 aromatic carbocycles. The number of hydrogen-bond acceptors (Lipinski definition) is 5. The van der Waals surface area contributed by atoms with Gasteiger partial charge in [0.25, 0.3) is 0 Å². The lowest BCUT2D eigenvalue weighted by molar-refractivity contribution is -0.140. The summed E-state index contributed by atoms with van der Waals surface area (Å²) >= 11 is 0. The number of carbonyl (C=O) groups excluding carboxylic acids is 1. The molecule has 0 atom stereocenters. The van der Waals surface area contributed by atoms with Gasteiger partial charge in [0.2, 0.25) is 0 Å². The molecule has 1 rings (SSSR count). The third-order valence-electron chi connectivity index (χ3n) is 2.01. The summed E-state index contributed by atoms with van der Waals surface area (Å²) in [5.74, 6) is -0.219. The normalized spacial score (nSPS) is 9.62. The Labute approximate surface area is 95.2 Å². The molecule has 0 spiro atoms. The van der Waals surface area contributed by atoms with Crippen molar-refractivity contribution < 1.29 is 9.53 Å². The van der Waals surface area contributed by atoms with Gasteiger partial charge in [-0.3, -0.25) is 9.78 Å². The minimum Gasteiger partial charge on any atom is -0.469 e. The van der Waals surface area contributed by atoms with Crippen molar-refractivity contribution in [3.8, 4) is 0 Å². The largest absolute Gasteiger partial charge is 0.469 e. The number of anilines is 2. The molecule has 0 saturated heterocycles. The van der Waals surface area contributed by atoms with E-state index in [0.29, 0.717) is 13.0 Å². The summed E-state index contributed by atoms with van der Waals surface area (Å²) in [6.07, 6.45) is 3.83. The van der Waals surface area contributed by atoms with Gasteiger partial charge in [-0.05, 0) is 13.0 Å². The molecule has 1 aromatic rings. The van der Waals surface area contributed by atoms with Crippen molar-refractivity contribution >= 4 is 17.3 Å². The van der Waals surface area contributed by atoms with Gasteiger partial charge in [0, 0.05) is 13.1 Å². The fourth-order valence-electron chi connectivity index (χ4n) is 1.25. The topological polar surface area (TPSA) is 63.2 Å². The standard InChI is InChI=1S/C11H17N3O2/c1-3-13-9-6-10(8-12-7-9)14-5-4-11(15)16-2/h6-8,13-14H,3-5H2,1-2H3. The number of rotatable bonds is 6. The molecule has 2 N–H and O–H groups in total. The maximum Gasteiger partial charge on any atom is 0.307 e. The summed E-state index contributed by atoms with van der Waals surface area (Å²) in [6, 6.07) is 1.95. The van der Waals surface area contributed by atoms with Crippen LogP contribution in [-0.4, -0.2) is 31.2 Å². The zero-order valence-corrected chi connectivity index (χ0v) is 9.62. The molecule has 0 aliphatic carbocycles. The molecule has 0 amide bonds. The smallest absolute Gasteiger partial charge is 0.307 e. The maximum absolute atomic E-state index is 10.9. The summed E-state index contributed by atoms with van der Waals surface area (Å²) in [4.78, 5) is 15.0. The van der Waals surface area contributed by atoms with Crippen LogP contribution in [0.3, 0.4) is 0 Å². The molecule has 88 valence electrons. The average Bonchev–Trinajstić information content (AvgIpc) is 2.30. The molecule has 5 nitrogen and oxygen atoms in total. The molecule has 0 unspecified atom stereocenters. The second kappa shape index (κ2) is 6.66. The van der Waals surface area contributed by atoms with Crippen LogP contribution in [0.25, 0.3) is 0 Å². The molecule has 1 heterocycles. The van der Waals surface area contributed by atoms with Gasteiger partial charge >= 0.3 is 5.97 Å². The predicted octanol–water partition coefficient (Wildman–Crippen LogP) is 1.49. The van der Waals surface area contributed by atoms with Crippen molar-refractivity contribution in [2.24, 2.45) is 0 Å². The Morgan fingerprint density at radius 1 is 1.38 bits per heavy atom. The molecular formula is C11H17N3O2. The van der Waals surface area contributed by atoms with E-state index in [-0.39, 0.29) is 5.97 Å². The number of nitrogens with zero attached hydrogens (tertiary/aromatic N) is 1. The summed E-state index contributed by atoms with van der Waals surface area (Å²) in [7, 11) is 1.38. The first-order valence-electron chi connectivity index (χ1n) is 5.26. The lowest BCUT2D eigenvalue weighted by Gasteiger charge is -2.07. The molecular weight excluding hydrogens is 206 g/mol. The first-order valence-corrected chi connectivity index (χ1v) is 5.26. The quantitative estimate of drug-likeness (QED) is 0.715. The van der Waals surface area contributed by atoms with Gasteiger partial charge in [-0.2, -0.15) is 0 Å². The van der Waals surface area contributed by atoms with Crippen LogP contribution >= 0.6 is 0 Å². The molecule has 0 bridgehead atoms. The fraction of sp³-hybridized carbons (Fsp3) is 0.455. The Kier molecular flexibility index (Phi) is 5.11. The highest BCUT2D eigenvalue weighted by atomic mass is 16.5. The van der Waals surface area contributed by atoms with Crippen LogP contribution in [0.4, 0.5) is 11.4 Å². The Balaban J connectivity index is 2.41. The third-order valence-corrected chi connectivity index (χ3v) is 2.01. The van der Waals surface area contributed by atoms with Crippen molar-refractivity contribution in [1.29, 1.82) is 0 Å². The molecule has 0 fully saturated rings. The van der Waals surface area contributed by atoms with E-state index < -0.39 is 0 Å². The number of nitrogens with one attached hydrogen (secondary N) is 2. The van der Waals surface area contributed by atoms with Crippen molar-refractivity contribution in [1.82, 2.24) is 4.98 Å². The number of hydrogen-bond donors (Lipinski definition) is 2. The molecule has 0 saturated carbocycles. The van der Waals surface area contributed by atoms with Gasteiger partial charge in [0.15, 0.2) is 0 Å². The van der Waals surface area contributed by atoms with Crippen LogP contribution in [0.2, 0.25) is 0 Å². The van der Waals surface area contributed by atoms with Gasteiger partial charge in [-0.15, -0.1) is 0 Å². The summed E-state index contributed by atoms with van der Waals surface area (Å²) in [6.45, 7) is 3.43. The van der Waals surface area contributed by atoms with Crippen LogP contribution in [0.5, 0.6) is 0 Å². The third kappa shape index (κ3) is 4.16. The van der Waals surface area contributed by atoms with Gasteiger partial charge < -0.3 is 15.4 Å². The van der Waals surface area contributed by atoms with Crippen molar-refractivity contribution in [2.75, 3.05) is 30.8 Å². The minimum absolute atomic E-state index is 0.219. The molecule has 0 aliphatic rings.